The summed E-state index contributed by atoms with van der Waals surface area (Å²) in [5, 5.41) is 9.75. The number of rotatable bonds is 7. The molecular weight excluding hydrogens is 287 g/mol. The minimum atomic E-state index is -6.37. The summed E-state index contributed by atoms with van der Waals surface area (Å²) < 4.78 is 89.0. The van der Waals surface area contributed by atoms with Gasteiger partial charge in [-0.1, -0.05) is 19.8 Å². The van der Waals surface area contributed by atoms with Gasteiger partial charge in [0.15, 0.2) is 6.17 Å². The number of unbranched alkanes of at least 4 members (excludes halogenated alkanes) is 1. The first-order valence-corrected chi connectivity index (χ1v) is 4.91. The lowest BCUT2D eigenvalue weighted by Crippen LogP contribution is -2.64. The Morgan fingerprint density at radius 1 is 1.16 bits per heavy atom. The van der Waals surface area contributed by atoms with Gasteiger partial charge in [0, 0.05) is 0 Å². The van der Waals surface area contributed by atoms with E-state index in [1.54, 1.807) is 0 Å². The van der Waals surface area contributed by atoms with Crippen LogP contribution in [0.15, 0.2) is 0 Å². The molecule has 0 saturated heterocycles. The number of hydrogen-bond donors (Lipinski definition) is 1. The number of halogens is 7. The summed E-state index contributed by atoms with van der Waals surface area (Å²) >= 11 is 0. The zero-order chi connectivity index (χ0) is 14.8. The van der Waals surface area contributed by atoms with E-state index in [1.165, 1.54) is 6.92 Å². The van der Waals surface area contributed by atoms with Crippen LogP contribution in [0, 0.1) is 0 Å². The third-order valence-electron chi connectivity index (χ3n) is 2.27. The molecule has 0 aliphatic heterocycles. The second-order valence-corrected chi connectivity index (χ2v) is 3.67. The molecule has 0 aliphatic carbocycles. The van der Waals surface area contributed by atoms with E-state index in [0.717, 1.165) is 0 Å². The zero-order valence-corrected chi connectivity index (χ0v) is 10.2. The summed E-state index contributed by atoms with van der Waals surface area (Å²) in [6.45, 7) is 1.44. The van der Waals surface area contributed by atoms with Crippen molar-refractivity contribution in [1.82, 2.24) is 6.15 Å². The Balaban J connectivity index is 0. The molecule has 0 heterocycles. The summed E-state index contributed by atoms with van der Waals surface area (Å²) in [5.41, 5.74) is 0. The third kappa shape index (κ3) is 3.48. The molecule has 0 bridgehead atoms. The standard InChI is InChI=1S/C9H11F7O2.H3N/c1-2-3-4-5(10)7(11,12)9(15,16)8(13,14)6(17)18;/h5H,2-4H2,1H3,(H,17,18);1H3. The van der Waals surface area contributed by atoms with Crippen LogP contribution in [0.4, 0.5) is 30.7 Å². The Morgan fingerprint density at radius 2 is 1.58 bits per heavy atom. The Hall–Kier alpha value is -1.06. The van der Waals surface area contributed by atoms with E-state index in [1.807, 2.05) is 0 Å². The smallest absolute Gasteiger partial charge is 0.380 e. The number of carbonyl (C=O) groups is 1. The van der Waals surface area contributed by atoms with Crippen molar-refractivity contribution < 1.29 is 40.6 Å². The lowest BCUT2D eigenvalue weighted by Gasteiger charge is -2.34. The highest BCUT2D eigenvalue weighted by molar-refractivity contribution is 5.74. The Bertz CT molecular complexity index is 309. The summed E-state index contributed by atoms with van der Waals surface area (Å²) in [7, 11) is 0. The monoisotopic (exact) mass is 301 g/mol. The minimum absolute atomic E-state index is 0. The number of carboxylic acid groups (broad SMARTS) is 1. The number of quaternary nitrogens is 1. The molecule has 0 aromatic rings. The maximum absolute atomic E-state index is 12.9. The van der Waals surface area contributed by atoms with Crippen LogP contribution in [0.5, 0.6) is 0 Å². The molecule has 1 atom stereocenters. The van der Waals surface area contributed by atoms with Crippen LogP contribution < -0.4 is 11.3 Å². The van der Waals surface area contributed by atoms with Crippen molar-refractivity contribution in [3.05, 3.63) is 0 Å². The predicted octanol–water partition coefficient (Wildman–Crippen LogP) is 2.55. The van der Waals surface area contributed by atoms with Gasteiger partial charge in [0.2, 0.25) is 0 Å². The molecule has 0 fully saturated rings. The van der Waals surface area contributed by atoms with E-state index in [9.17, 15) is 40.6 Å². The average Bonchev–Trinajstić information content (AvgIpc) is 2.24. The molecule has 0 aromatic carbocycles. The Kier molecular flexibility index (Phi) is 6.82. The lowest BCUT2D eigenvalue weighted by atomic mass is 9.97. The summed E-state index contributed by atoms with van der Waals surface area (Å²) in [5.74, 6) is -22.0. The normalized spacial score (nSPS) is 14.7. The SMILES string of the molecule is CCCCC(F)C(F)(F)C(F)(F)C(F)(F)C(=O)[O-].[NH4+]. The number of alkyl halides is 7. The first-order chi connectivity index (χ1) is 7.92. The first-order valence-electron chi connectivity index (χ1n) is 4.91. The molecule has 0 saturated carbocycles. The van der Waals surface area contributed by atoms with Crippen LogP contribution in [0.3, 0.4) is 0 Å². The molecule has 0 rings (SSSR count). The van der Waals surface area contributed by atoms with E-state index in [0.29, 0.717) is 0 Å². The topological polar surface area (TPSA) is 76.6 Å². The summed E-state index contributed by atoms with van der Waals surface area (Å²) in [4.78, 5) is 9.75. The maximum Gasteiger partial charge on any atom is 0.380 e. The molecule has 4 N–H and O–H groups in total. The van der Waals surface area contributed by atoms with E-state index < -0.39 is 36.3 Å². The van der Waals surface area contributed by atoms with Crippen molar-refractivity contribution in [2.24, 2.45) is 0 Å². The van der Waals surface area contributed by atoms with Crippen molar-refractivity contribution in [3.8, 4) is 0 Å². The summed E-state index contributed by atoms with van der Waals surface area (Å²) in [6, 6.07) is 0. The Labute approximate surface area is 104 Å². The molecule has 0 radical (unpaired) electrons. The van der Waals surface area contributed by atoms with Gasteiger partial charge in [-0.2, -0.15) is 26.3 Å². The van der Waals surface area contributed by atoms with Crippen LogP contribution in [-0.4, -0.2) is 29.9 Å². The third-order valence-corrected chi connectivity index (χ3v) is 2.27. The fourth-order valence-electron chi connectivity index (χ4n) is 1.10. The fourth-order valence-corrected chi connectivity index (χ4v) is 1.10. The van der Waals surface area contributed by atoms with Gasteiger partial charge in [0.25, 0.3) is 0 Å². The molecular formula is C9H14F7NO2. The van der Waals surface area contributed by atoms with Gasteiger partial charge < -0.3 is 16.1 Å². The van der Waals surface area contributed by atoms with Gasteiger partial charge >= 0.3 is 17.8 Å². The van der Waals surface area contributed by atoms with E-state index >= 15 is 0 Å². The molecule has 0 spiro atoms. The highest BCUT2D eigenvalue weighted by atomic mass is 19.3. The highest BCUT2D eigenvalue weighted by Crippen LogP contribution is 2.48. The number of hydrogen-bond acceptors (Lipinski definition) is 2. The first kappa shape index (κ1) is 20.3. The lowest BCUT2D eigenvalue weighted by molar-refractivity contribution is -0.374. The zero-order valence-electron chi connectivity index (χ0n) is 10.2. The molecule has 0 aliphatic rings. The van der Waals surface area contributed by atoms with Gasteiger partial charge in [0.05, 0.1) is 0 Å². The second-order valence-electron chi connectivity index (χ2n) is 3.67. The van der Waals surface area contributed by atoms with E-state index in [2.05, 4.69) is 0 Å². The Morgan fingerprint density at radius 3 is 1.89 bits per heavy atom. The van der Waals surface area contributed by atoms with Crippen LogP contribution in [-0.2, 0) is 4.79 Å². The van der Waals surface area contributed by atoms with Crippen LogP contribution in [0.25, 0.3) is 0 Å². The largest absolute Gasteiger partial charge is 0.544 e. The molecule has 0 aromatic heterocycles. The van der Waals surface area contributed by atoms with E-state index in [4.69, 9.17) is 0 Å². The summed E-state index contributed by atoms with van der Waals surface area (Å²) in [6.07, 6.45) is -4.71. The van der Waals surface area contributed by atoms with Crippen molar-refractivity contribution in [1.29, 1.82) is 0 Å². The number of carbonyl (C=O) groups excluding carboxylic acids is 1. The molecule has 10 heteroatoms. The molecule has 1 unspecified atom stereocenters. The number of aliphatic carboxylic acids is 1. The van der Waals surface area contributed by atoms with Gasteiger partial charge in [-0.15, -0.1) is 0 Å². The van der Waals surface area contributed by atoms with Crippen LogP contribution in [0.1, 0.15) is 26.2 Å². The van der Waals surface area contributed by atoms with Crippen molar-refractivity contribution >= 4 is 5.97 Å². The molecule has 0 amide bonds. The molecule has 3 nitrogen and oxygen atoms in total. The highest BCUT2D eigenvalue weighted by Gasteiger charge is 2.74. The van der Waals surface area contributed by atoms with Gasteiger partial charge in [-0.3, -0.25) is 0 Å². The fraction of sp³-hybridized carbons (Fsp3) is 0.889. The molecule has 19 heavy (non-hydrogen) atoms. The second kappa shape index (κ2) is 6.40. The van der Waals surface area contributed by atoms with Crippen molar-refractivity contribution in [3.63, 3.8) is 0 Å². The quantitative estimate of drug-likeness (QED) is 0.734. The van der Waals surface area contributed by atoms with Crippen LogP contribution >= 0.6 is 0 Å². The predicted molar refractivity (Wildman–Crippen MR) is 50.3 cm³/mol. The van der Waals surface area contributed by atoms with Gasteiger partial charge in [0.1, 0.15) is 5.97 Å². The maximum atomic E-state index is 12.9. The van der Waals surface area contributed by atoms with Crippen molar-refractivity contribution in [2.75, 3.05) is 0 Å². The van der Waals surface area contributed by atoms with Crippen LogP contribution in [0.2, 0.25) is 0 Å². The van der Waals surface area contributed by atoms with E-state index in [-0.39, 0.29) is 19.0 Å². The molecule has 116 valence electrons. The number of carboxylic acids is 1. The average molecular weight is 301 g/mol. The van der Waals surface area contributed by atoms with Crippen molar-refractivity contribution in [2.45, 2.75) is 50.1 Å². The van der Waals surface area contributed by atoms with Gasteiger partial charge in [-0.25, -0.2) is 4.39 Å². The van der Waals surface area contributed by atoms with Gasteiger partial charge in [-0.05, 0) is 6.42 Å². The minimum Gasteiger partial charge on any atom is -0.544 e.